The molecule has 1 fully saturated rings. The highest BCUT2D eigenvalue weighted by Crippen LogP contribution is 2.30. The lowest BCUT2D eigenvalue weighted by atomic mass is 10.1. The Labute approximate surface area is 158 Å². The summed E-state index contributed by atoms with van der Waals surface area (Å²) in [5, 5.41) is 2.01. The van der Waals surface area contributed by atoms with Gasteiger partial charge in [-0.2, -0.15) is 0 Å². The first-order chi connectivity index (χ1) is 12.3. The van der Waals surface area contributed by atoms with Gasteiger partial charge in [-0.25, -0.2) is 17.5 Å². The van der Waals surface area contributed by atoms with Crippen molar-refractivity contribution in [2.45, 2.75) is 19.0 Å². The second-order valence-electron chi connectivity index (χ2n) is 6.61. The Balaban J connectivity index is 1.74. The Morgan fingerprint density at radius 1 is 1.12 bits per heavy atom. The molecule has 26 heavy (non-hydrogen) atoms. The number of nitrogens with one attached hydrogen (secondary N) is 1. The van der Waals surface area contributed by atoms with Crippen LogP contribution in [0.5, 0.6) is 0 Å². The predicted molar refractivity (Wildman–Crippen MR) is 105 cm³/mol. The van der Waals surface area contributed by atoms with Crippen LogP contribution in [0.2, 0.25) is 0 Å². The van der Waals surface area contributed by atoms with Crippen LogP contribution >= 0.6 is 11.3 Å². The number of hydrogen-bond acceptors (Lipinski definition) is 5. The Bertz CT molecular complexity index is 819. The summed E-state index contributed by atoms with van der Waals surface area (Å²) in [5.74, 6) is -0.206. The van der Waals surface area contributed by atoms with E-state index in [4.69, 9.17) is 0 Å². The van der Waals surface area contributed by atoms with Crippen molar-refractivity contribution in [1.82, 2.24) is 9.62 Å². The van der Waals surface area contributed by atoms with E-state index in [1.165, 1.54) is 12.3 Å². The molecule has 0 saturated carbocycles. The number of nitrogens with zero attached hydrogens (tertiary/aromatic N) is 2. The van der Waals surface area contributed by atoms with Crippen LogP contribution in [0.15, 0.2) is 41.8 Å². The zero-order valence-corrected chi connectivity index (χ0v) is 16.6. The van der Waals surface area contributed by atoms with E-state index in [2.05, 4.69) is 9.62 Å². The molecule has 2 aromatic rings. The molecule has 1 aliphatic heterocycles. The fourth-order valence-electron chi connectivity index (χ4n) is 3.55. The quantitative estimate of drug-likeness (QED) is 0.814. The van der Waals surface area contributed by atoms with Gasteiger partial charge in [0.05, 0.1) is 18.0 Å². The summed E-state index contributed by atoms with van der Waals surface area (Å²) in [7, 11) is -3.29. The first kappa shape index (κ1) is 19.3. The highest BCUT2D eigenvalue weighted by molar-refractivity contribution is 7.88. The normalized spacial score (nSPS) is 18.7. The lowest BCUT2D eigenvalue weighted by molar-refractivity contribution is 0.164. The van der Waals surface area contributed by atoms with E-state index in [1.54, 1.807) is 23.5 Å². The molecule has 1 saturated heterocycles. The van der Waals surface area contributed by atoms with Crippen LogP contribution < -0.4 is 9.62 Å². The van der Waals surface area contributed by atoms with Gasteiger partial charge in [-0.1, -0.05) is 18.2 Å². The van der Waals surface area contributed by atoms with Crippen LogP contribution in [-0.4, -0.2) is 51.8 Å². The maximum absolute atomic E-state index is 14.0. The van der Waals surface area contributed by atoms with Gasteiger partial charge >= 0.3 is 0 Å². The van der Waals surface area contributed by atoms with Gasteiger partial charge in [0.25, 0.3) is 0 Å². The van der Waals surface area contributed by atoms with E-state index in [-0.39, 0.29) is 17.9 Å². The fraction of sp³-hybridized carbons (Fsp3) is 0.444. The zero-order valence-electron chi connectivity index (χ0n) is 14.9. The van der Waals surface area contributed by atoms with E-state index >= 15 is 0 Å². The molecule has 0 amide bonds. The van der Waals surface area contributed by atoms with Crippen molar-refractivity contribution >= 4 is 27.0 Å². The number of para-hydroxylation sites is 1. The number of rotatable bonds is 6. The van der Waals surface area contributed by atoms with Crippen LogP contribution in [0.3, 0.4) is 0 Å². The minimum absolute atomic E-state index is 0.0347. The number of sulfonamides is 1. The van der Waals surface area contributed by atoms with Gasteiger partial charge in [-0.05, 0) is 30.5 Å². The van der Waals surface area contributed by atoms with Crippen LogP contribution in [0.25, 0.3) is 0 Å². The molecule has 1 aliphatic rings. The van der Waals surface area contributed by atoms with Gasteiger partial charge in [0.2, 0.25) is 10.0 Å². The van der Waals surface area contributed by atoms with Gasteiger partial charge in [0.15, 0.2) is 0 Å². The molecule has 8 heteroatoms. The van der Waals surface area contributed by atoms with Crippen LogP contribution in [0.4, 0.5) is 10.1 Å². The number of thiophene rings is 1. The highest BCUT2D eigenvalue weighted by atomic mass is 32.2. The summed E-state index contributed by atoms with van der Waals surface area (Å²) < 4.78 is 40.2. The summed E-state index contributed by atoms with van der Waals surface area (Å²) in [6.45, 7) is 4.79. The summed E-state index contributed by atoms with van der Waals surface area (Å²) in [5.41, 5.74) is 0.627. The van der Waals surface area contributed by atoms with Crippen molar-refractivity contribution in [3.63, 3.8) is 0 Å². The smallest absolute Gasteiger partial charge is 0.209 e. The molecule has 0 bridgehead atoms. The number of piperazine rings is 1. The lowest BCUT2D eigenvalue weighted by Gasteiger charge is -2.42. The Kier molecular flexibility index (Phi) is 5.96. The fourth-order valence-corrected chi connectivity index (χ4v) is 5.32. The minimum Gasteiger partial charge on any atom is -0.367 e. The molecule has 2 heterocycles. The molecule has 2 atom stereocenters. The summed E-state index contributed by atoms with van der Waals surface area (Å²) in [6.07, 6.45) is 1.19. The first-order valence-electron chi connectivity index (χ1n) is 8.59. The second kappa shape index (κ2) is 8.04. The predicted octanol–water partition coefficient (Wildman–Crippen LogP) is 2.69. The molecule has 1 aromatic carbocycles. The third-order valence-electron chi connectivity index (χ3n) is 4.61. The molecule has 0 spiro atoms. The van der Waals surface area contributed by atoms with Crippen molar-refractivity contribution in [3.05, 3.63) is 52.5 Å². The average Bonchev–Trinajstić information content (AvgIpc) is 3.09. The van der Waals surface area contributed by atoms with Crippen molar-refractivity contribution in [3.8, 4) is 0 Å². The number of benzene rings is 1. The zero-order chi connectivity index (χ0) is 18.7. The first-order valence-corrected chi connectivity index (χ1v) is 11.4. The molecular weight excluding hydrogens is 373 g/mol. The molecule has 142 valence electrons. The molecule has 0 aliphatic carbocycles. The van der Waals surface area contributed by atoms with E-state index in [1.807, 2.05) is 35.4 Å². The number of halogens is 1. The van der Waals surface area contributed by atoms with Gasteiger partial charge in [0, 0.05) is 37.1 Å². The number of hydrogen-bond donors (Lipinski definition) is 1. The average molecular weight is 398 g/mol. The molecular formula is C18H24FN3O2S2. The SMILES string of the molecule is C[C@H](NS(C)(=O)=O)[C@@H](c1cccs1)N1CCN(c2ccccc2F)CC1. The molecule has 5 nitrogen and oxygen atoms in total. The third-order valence-corrected chi connectivity index (χ3v) is 6.35. The number of anilines is 1. The minimum atomic E-state index is -3.29. The third kappa shape index (κ3) is 4.62. The second-order valence-corrected chi connectivity index (χ2v) is 9.37. The van der Waals surface area contributed by atoms with Crippen molar-refractivity contribution in [2.24, 2.45) is 0 Å². The maximum Gasteiger partial charge on any atom is 0.209 e. The summed E-state index contributed by atoms with van der Waals surface area (Å²) in [6, 6.07) is 10.6. The van der Waals surface area contributed by atoms with E-state index in [0.717, 1.165) is 18.0 Å². The van der Waals surface area contributed by atoms with E-state index < -0.39 is 10.0 Å². The standard InChI is InChI=1S/C18H24FN3O2S2/c1-14(20-26(2,23)24)18(17-8-5-13-25-17)22-11-9-21(10-12-22)16-7-4-3-6-15(16)19/h3-8,13-14,18,20H,9-12H2,1-2H3/t14-,18-/m0/s1. The largest absolute Gasteiger partial charge is 0.367 e. The van der Waals surface area contributed by atoms with E-state index in [0.29, 0.717) is 18.8 Å². The Morgan fingerprint density at radius 3 is 2.38 bits per heavy atom. The lowest BCUT2D eigenvalue weighted by Crippen LogP contribution is -2.52. The monoisotopic (exact) mass is 397 g/mol. The van der Waals surface area contributed by atoms with Crippen LogP contribution in [-0.2, 0) is 10.0 Å². The Hall–Kier alpha value is -1.48. The molecule has 1 N–H and O–H groups in total. The molecule has 0 unspecified atom stereocenters. The van der Waals surface area contributed by atoms with Crippen LogP contribution in [0.1, 0.15) is 17.8 Å². The Morgan fingerprint density at radius 2 is 1.81 bits per heavy atom. The van der Waals surface area contributed by atoms with E-state index in [9.17, 15) is 12.8 Å². The van der Waals surface area contributed by atoms with Gasteiger partial charge < -0.3 is 4.90 Å². The van der Waals surface area contributed by atoms with Gasteiger partial charge in [-0.3, -0.25) is 4.90 Å². The van der Waals surface area contributed by atoms with Gasteiger partial charge in [0.1, 0.15) is 5.82 Å². The molecule has 0 radical (unpaired) electrons. The van der Waals surface area contributed by atoms with Crippen molar-refractivity contribution in [2.75, 3.05) is 37.3 Å². The molecule has 3 rings (SSSR count). The van der Waals surface area contributed by atoms with Crippen molar-refractivity contribution in [1.29, 1.82) is 0 Å². The topological polar surface area (TPSA) is 52.7 Å². The summed E-state index contributed by atoms with van der Waals surface area (Å²) in [4.78, 5) is 5.46. The van der Waals surface area contributed by atoms with Gasteiger partial charge in [-0.15, -0.1) is 11.3 Å². The molecule has 1 aromatic heterocycles. The maximum atomic E-state index is 14.0. The van der Waals surface area contributed by atoms with Crippen LogP contribution in [0, 0.1) is 5.82 Å². The summed E-state index contributed by atoms with van der Waals surface area (Å²) >= 11 is 1.63. The van der Waals surface area contributed by atoms with Crippen molar-refractivity contribution < 1.29 is 12.8 Å². The highest BCUT2D eigenvalue weighted by Gasteiger charge is 2.31.